The lowest BCUT2D eigenvalue weighted by molar-refractivity contribution is 0.245. The number of nitrogens with one attached hydrogen (secondary N) is 2. The van der Waals surface area contributed by atoms with Gasteiger partial charge in [0.15, 0.2) is 0 Å². The normalized spacial score (nSPS) is 13.3. The van der Waals surface area contributed by atoms with E-state index in [0.717, 1.165) is 125 Å². The molecule has 1 saturated carbocycles. The number of likely N-dealkylation sites (N-methyl/N-ethyl adjacent to an activating group) is 1. The molecule has 64 heavy (non-hydrogen) atoms. The molecule has 338 valence electrons. The zero-order chi connectivity index (χ0) is 45.7. The monoisotopic (exact) mass is 864 g/mol. The van der Waals surface area contributed by atoms with Crippen molar-refractivity contribution in [3.05, 3.63) is 120 Å². The molecule has 0 aliphatic heterocycles. The van der Waals surface area contributed by atoms with Crippen LogP contribution in [-0.2, 0) is 39.0 Å². The maximum Gasteiger partial charge on any atom is 0.208 e. The van der Waals surface area contributed by atoms with Gasteiger partial charge in [0, 0.05) is 50.7 Å². The zero-order valence-electron chi connectivity index (χ0n) is 39.1. The van der Waals surface area contributed by atoms with Gasteiger partial charge in [-0.2, -0.15) is 10.2 Å². The molecule has 6 aromatic rings. The lowest BCUT2D eigenvalue weighted by Gasteiger charge is -2.24. The Hall–Kier alpha value is -6.34. The second-order valence-corrected chi connectivity index (χ2v) is 17.3. The van der Waals surface area contributed by atoms with Crippen LogP contribution in [0.1, 0.15) is 105 Å². The molecule has 0 amide bonds. The Balaban J connectivity index is 1.28. The average molecular weight is 864 g/mol. The summed E-state index contributed by atoms with van der Waals surface area (Å²) in [6, 6.07) is 12.5. The van der Waals surface area contributed by atoms with Crippen LogP contribution in [-0.4, -0.2) is 63.2 Å². The van der Waals surface area contributed by atoms with Crippen molar-refractivity contribution in [1.82, 2.24) is 43.6 Å². The van der Waals surface area contributed by atoms with Gasteiger partial charge in [-0.25, -0.2) is 9.97 Å². The van der Waals surface area contributed by atoms with Gasteiger partial charge in [-0.05, 0) is 124 Å². The summed E-state index contributed by atoms with van der Waals surface area (Å²) in [5, 5.41) is 16.6. The number of nitrogens with zero attached hydrogens (tertiary/aromatic N) is 9. The second-order valence-electron chi connectivity index (χ2n) is 17.3. The first-order valence-corrected chi connectivity index (χ1v) is 23.2. The number of hydrogen-bond donors (Lipinski definition) is 4. The number of aromatic nitrogens is 8. The molecule has 0 radical (unpaired) electrons. The van der Waals surface area contributed by atoms with Crippen molar-refractivity contribution in [2.45, 2.75) is 113 Å². The Morgan fingerprint density at radius 2 is 1.17 bits per heavy atom. The molecule has 0 saturated heterocycles. The van der Waals surface area contributed by atoms with Crippen LogP contribution in [0.2, 0.25) is 0 Å². The van der Waals surface area contributed by atoms with E-state index in [2.05, 4.69) is 120 Å². The molecule has 0 bridgehead atoms. The second kappa shape index (κ2) is 20.0. The molecule has 7 rings (SSSR count). The molecule has 1 fully saturated rings. The molecule has 0 spiro atoms. The number of benzene rings is 2. The van der Waals surface area contributed by atoms with Gasteiger partial charge in [-0.15, -0.1) is 0 Å². The third-order valence-corrected chi connectivity index (χ3v) is 12.5. The summed E-state index contributed by atoms with van der Waals surface area (Å²) in [4.78, 5) is 13.0. The molecule has 0 atom stereocenters. The highest BCUT2D eigenvalue weighted by Gasteiger charge is 2.22. The third kappa shape index (κ3) is 9.89. The summed E-state index contributed by atoms with van der Waals surface area (Å²) in [6.07, 6.45) is 12.4. The molecular formula is C51H69N13. The van der Waals surface area contributed by atoms with E-state index >= 15 is 0 Å². The minimum Gasteiger partial charge on any atom is -0.399 e. The van der Waals surface area contributed by atoms with Gasteiger partial charge in [0.25, 0.3) is 0 Å². The van der Waals surface area contributed by atoms with E-state index in [1.54, 1.807) is 0 Å². The van der Waals surface area contributed by atoms with Gasteiger partial charge in [0.2, 0.25) is 11.9 Å². The van der Waals surface area contributed by atoms with Gasteiger partial charge in [-0.3, -0.25) is 9.36 Å². The molecule has 1 aliphatic rings. The van der Waals surface area contributed by atoms with Crippen molar-refractivity contribution in [2.75, 3.05) is 30.3 Å². The van der Waals surface area contributed by atoms with Crippen LogP contribution in [0.15, 0.2) is 74.9 Å². The van der Waals surface area contributed by atoms with Crippen LogP contribution >= 0.6 is 0 Å². The van der Waals surface area contributed by atoms with Crippen molar-refractivity contribution in [1.29, 1.82) is 0 Å². The smallest absolute Gasteiger partial charge is 0.208 e. The van der Waals surface area contributed by atoms with Crippen LogP contribution in [0.3, 0.4) is 0 Å². The summed E-state index contributed by atoms with van der Waals surface area (Å²) in [5.74, 6) is 2.16. The van der Waals surface area contributed by atoms with Crippen LogP contribution < -0.4 is 22.1 Å². The molecule has 13 heteroatoms. The van der Waals surface area contributed by atoms with Gasteiger partial charge >= 0.3 is 0 Å². The number of allylic oxidation sites excluding steroid dienone is 2. The van der Waals surface area contributed by atoms with E-state index in [-0.39, 0.29) is 0 Å². The van der Waals surface area contributed by atoms with E-state index in [0.29, 0.717) is 36.4 Å². The van der Waals surface area contributed by atoms with E-state index in [1.165, 1.54) is 36.8 Å². The summed E-state index contributed by atoms with van der Waals surface area (Å²) in [5.41, 5.74) is 26.8. The highest BCUT2D eigenvalue weighted by Crippen LogP contribution is 2.32. The molecule has 1 aliphatic carbocycles. The Morgan fingerprint density at radius 1 is 0.703 bits per heavy atom. The predicted octanol–water partition coefficient (Wildman–Crippen LogP) is 9.72. The van der Waals surface area contributed by atoms with Crippen LogP contribution in [0.25, 0.3) is 44.9 Å². The first kappa shape index (κ1) is 45.7. The minimum absolute atomic E-state index is 0.516. The van der Waals surface area contributed by atoms with Crippen molar-refractivity contribution in [3.63, 3.8) is 0 Å². The number of nitrogens with two attached hydrogens (primary N) is 2. The lowest BCUT2D eigenvalue weighted by atomic mass is 10.0. The number of fused-ring (bicyclic) bond motifs is 2. The molecular weight excluding hydrogens is 795 g/mol. The fraction of sp³-hybridized carbons (Fsp3) is 0.412. The Morgan fingerprint density at radius 3 is 1.59 bits per heavy atom. The highest BCUT2D eigenvalue weighted by molar-refractivity contribution is 5.89. The van der Waals surface area contributed by atoms with E-state index < -0.39 is 0 Å². The lowest BCUT2D eigenvalue weighted by Crippen LogP contribution is -2.30. The third-order valence-electron chi connectivity index (χ3n) is 12.5. The van der Waals surface area contributed by atoms with Crippen molar-refractivity contribution >= 4 is 56.8 Å². The van der Waals surface area contributed by atoms with Gasteiger partial charge < -0.3 is 36.1 Å². The topological polar surface area (TPSA) is 151 Å². The van der Waals surface area contributed by atoms with Gasteiger partial charge in [0.05, 0.1) is 56.2 Å². The Kier molecular flexibility index (Phi) is 14.3. The maximum atomic E-state index is 6.41. The van der Waals surface area contributed by atoms with E-state index in [4.69, 9.17) is 26.5 Å². The molecule has 2 aromatic carbocycles. The van der Waals surface area contributed by atoms with Gasteiger partial charge in [-0.1, -0.05) is 71.6 Å². The SMILES string of the molecule is C=C(N)c1cc(CCC)c2c(c1)nc(NC(=C)c1cc(C)nn1CC)n2C/C=C/Cn1c(NC(=C)c2cc(C)nn2CC)nc2cc(C(=C)N)cc(CCN(CC)CC3CCCC3)c21. The fourth-order valence-corrected chi connectivity index (χ4v) is 9.31. The molecule has 6 N–H and O–H groups in total. The molecule has 4 heterocycles. The average Bonchev–Trinajstić information content (AvgIpc) is 4.12. The quantitative estimate of drug-likeness (QED) is 0.0489. The summed E-state index contributed by atoms with van der Waals surface area (Å²) >= 11 is 0. The minimum atomic E-state index is 0.516. The number of anilines is 2. The largest absolute Gasteiger partial charge is 0.399 e. The number of imidazole rings is 2. The Labute approximate surface area is 379 Å². The fourth-order valence-electron chi connectivity index (χ4n) is 9.31. The number of aryl methyl sites for hydroxylation is 5. The first-order chi connectivity index (χ1) is 30.8. The van der Waals surface area contributed by atoms with Crippen molar-refractivity contribution in [2.24, 2.45) is 17.4 Å². The first-order valence-electron chi connectivity index (χ1n) is 23.2. The number of hydrogen-bond acceptors (Lipinski definition) is 9. The number of rotatable bonds is 22. The highest BCUT2D eigenvalue weighted by atomic mass is 15.3. The molecule has 0 unspecified atom stereocenters. The molecule has 13 nitrogen and oxygen atoms in total. The van der Waals surface area contributed by atoms with Crippen LogP contribution in [0.4, 0.5) is 11.9 Å². The van der Waals surface area contributed by atoms with Crippen molar-refractivity contribution in [3.8, 4) is 0 Å². The standard InChI is InChI=1S/C51H69N13/c1-11-19-40-28-42(35(7)52)30-44-48(40)61(50(56-44)54-37(9)46-26-33(5)58-63(46)13-3)23-17-18-24-62-49-41(22-25-60(12-2)32-39-20-15-16-21-39)29-43(36(8)53)31-45(49)57-51(62)55-38(10)47-27-34(6)59-64(47)14-4/h17-18,26-31,39H,7-16,19-25,32,52-53H2,1-6H3,(H,54,56)(H,55,57)/b18-17+. The van der Waals surface area contributed by atoms with E-state index in [1.807, 2.05) is 35.3 Å². The summed E-state index contributed by atoms with van der Waals surface area (Å²) < 4.78 is 8.43. The van der Waals surface area contributed by atoms with Crippen LogP contribution in [0.5, 0.6) is 0 Å². The van der Waals surface area contributed by atoms with Crippen molar-refractivity contribution < 1.29 is 0 Å². The summed E-state index contributed by atoms with van der Waals surface area (Å²) in [7, 11) is 0. The zero-order valence-corrected chi connectivity index (χ0v) is 39.1. The van der Waals surface area contributed by atoms with Gasteiger partial charge in [0.1, 0.15) is 0 Å². The summed E-state index contributed by atoms with van der Waals surface area (Å²) in [6.45, 7) is 35.4. The van der Waals surface area contributed by atoms with Crippen LogP contribution in [0, 0.1) is 19.8 Å². The van der Waals surface area contributed by atoms with E-state index in [9.17, 15) is 0 Å². The predicted molar refractivity (Wildman–Crippen MR) is 267 cm³/mol. The Bertz CT molecular complexity index is 2710. The maximum absolute atomic E-state index is 6.41. The molecule has 4 aromatic heterocycles.